The molecule has 0 bridgehead atoms. The monoisotopic (exact) mass is 389 g/mol. The van der Waals surface area contributed by atoms with Gasteiger partial charge in [0, 0.05) is 24.8 Å². The van der Waals surface area contributed by atoms with Gasteiger partial charge in [0.1, 0.15) is 0 Å². The fourth-order valence-corrected chi connectivity index (χ4v) is 3.33. The van der Waals surface area contributed by atoms with Crippen molar-refractivity contribution >= 4 is 21.6 Å². The van der Waals surface area contributed by atoms with Crippen LogP contribution in [0.25, 0.3) is 0 Å². The quantitative estimate of drug-likeness (QED) is 0.789. The SMILES string of the molecule is CC(C)(C)c1ccc(NC(=O)CCN(Cc2ccccn2)S(C)(=O)=O)cc1. The number of amides is 1. The van der Waals surface area contributed by atoms with Crippen molar-refractivity contribution in [3.63, 3.8) is 0 Å². The Morgan fingerprint density at radius 3 is 2.30 bits per heavy atom. The van der Waals surface area contributed by atoms with Crippen LogP contribution in [0.1, 0.15) is 38.4 Å². The first-order valence-electron chi connectivity index (χ1n) is 8.81. The van der Waals surface area contributed by atoms with E-state index in [0.717, 1.165) is 6.26 Å². The third kappa shape index (κ3) is 6.77. The summed E-state index contributed by atoms with van der Waals surface area (Å²) in [6, 6.07) is 13.0. The molecule has 2 rings (SSSR count). The third-order valence-corrected chi connectivity index (χ3v) is 5.41. The zero-order chi connectivity index (χ0) is 20.1. The highest BCUT2D eigenvalue weighted by Crippen LogP contribution is 2.23. The van der Waals surface area contributed by atoms with Gasteiger partial charge >= 0.3 is 0 Å². The van der Waals surface area contributed by atoms with Gasteiger partial charge in [-0.1, -0.05) is 39.0 Å². The molecule has 1 aromatic heterocycles. The summed E-state index contributed by atoms with van der Waals surface area (Å²) >= 11 is 0. The maximum Gasteiger partial charge on any atom is 0.225 e. The Hall–Kier alpha value is -2.25. The highest BCUT2D eigenvalue weighted by molar-refractivity contribution is 7.88. The topological polar surface area (TPSA) is 79.4 Å². The molecule has 27 heavy (non-hydrogen) atoms. The fourth-order valence-electron chi connectivity index (χ4n) is 2.54. The summed E-state index contributed by atoms with van der Waals surface area (Å²) in [6.45, 7) is 6.63. The number of pyridine rings is 1. The summed E-state index contributed by atoms with van der Waals surface area (Å²) in [7, 11) is -3.44. The molecule has 7 heteroatoms. The lowest BCUT2D eigenvalue weighted by Crippen LogP contribution is -2.32. The van der Waals surface area contributed by atoms with Crippen molar-refractivity contribution < 1.29 is 13.2 Å². The lowest BCUT2D eigenvalue weighted by Gasteiger charge is -2.20. The zero-order valence-corrected chi connectivity index (χ0v) is 17.1. The number of carbonyl (C=O) groups excluding carboxylic acids is 1. The van der Waals surface area contributed by atoms with Crippen molar-refractivity contribution in [1.82, 2.24) is 9.29 Å². The predicted octanol–water partition coefficient (Wildman–Crippen LogP) is 3.17. The Morgan fingerprint density at radius 2 is 1.78 bits per heavy atom. The van der Waals surface area contributed by atoms with Gasteiger partial charge in [-0.25, -0.2) is 8.42 Å². The minimum atomic E-state index is -3.44. The van der Waals surface area contributed by atoms with Crippen molar-refractivity contribution in [2.45, 2.75) is 39.2 Å². The molecule has 0 radical (unpaired) electrons. The van der Waals surface area contributed by atoms with E-state index in [1.165, 1.54) is 9.87 Å². The number of benzene rings is 1. The maximum atomic E-state index is 12.2. The van der Waals surface area contributed by atoms with E-state index in [4.69, 9.17) is 0 Å². The first-order chi connectivity index (χ1) is 12.6. The molecule has 0 aliphatic rings. The molecule has 0 unspecified atom stereocenters. The van der Waals surface area contributed by atoms with Gasteiger partial charge < -0.3 is 5.32 Å². The molecule has 0 atom stereocenters. The van der Waals surface area contributed by atoms with Crippen LogP contribution < -0.4 is 5.32 Å². The zero-order valence-electron chi connectivity index (χ0n) is 16.3. The lowest BCUT2D eigenvalue weighted by atomic mass is 9.87. The lowest BCUT2D eigenvalue weighted by molar-refractivity contribution is -0.116. The number of sulfonamides is 1. The van der Waals surface area contributed by atoms with E-state index in [-0.39, 0.29) is 30.8 Å². The molecule has 146 valence electrons. The van der Waals surface area contributed by atoms with Gasteiger partial charge in [0.2, 0.25) is 15.9 Å². The van der Waals surface area contributed by atoms with E-state index < -0.39 is 10.0 Å². The van der Waals surface area contributed by atoms with Gasteiger partial charge in [0.25, 0.3) is 0 Å². The minimum absolute atomic E-state index is 0.0456. The molecule has 1 aromatic carbocycles. The molecule has 0 saturated carbocycles. The van der Waals surface area contributed by atoms with Crippen molar-refractivity contribution in [1.29, 1.82) is 0 Å². The second-order valence-electron chi connectivity index (χ2n) is 7.54. The highest BCUT2D eigenvalue weighted by Gasteiger charge is 2.19. The molecule has 6 nitrogen and oxygen atoms in total. The van der Waals surface area contributed by atoms with E-state index >= 15 is 0 Å². The number of nitrogens with one attached hydrogen (secondary N) is 1. The average Bonchev–Trinajstić information content (AvgIpc) is 2.58. The second-order valence-corrected chi connectivity index (χ2v) is 9.53. The Labute approximate surface area is 161 Å². The Kier molecular flexibility index (Phi) is 6.73. The van der Waals surface area contributed by atoms with Gasteiger partial charge in [0.05, 0.1) is 18.5 Å². The molecule has 1 amide bonds. The van der Waals surface area contributed by atoms with Gasteiger partial charge in [-0.2, -0.15) is 4.31 Å². The number of aromatic nitrogens is 1. The van der Waals surface area contributed by atoms with E-state index in [2.05, 4.69) is 31.1 Å². The van der Waals surface area contributed by atoms with E-state index in [9.17, 15) is 13.2 Å². The molecule has 0 spiro atoms. The van der Waals surface area contributed by atoms with Crippen molar-refractivity contribution in [3.05, 3.63) is 59.9 Å². The number of rotatable bonds is 7. The Balaban J connectivity index is 1.95. The van der Waals surface area contributed by atoms with Crippen molar-refractivity contribution in [2.75, 3.05) is 18.1 Å². The number of hydrogen-bond donors (Lipinski definition) is 1. The van der Waals surface area contributed by atoms with E-state index in [1.807, 2.05) is 24.3 Å². The van der Waals surface area contributed by atoms with Crippen LogP contribution in [0.3, 0.4) is 0 Å². The summed E-state index contributed by atoms with van der Waals surface area (Å²) in [6.07, 6.45) is 2.82. The van der Waals surface area contributed by atoms with Crippen LogP contribution in [0.4, 0.5) is 5.69 Å². The number of anilines is 1. The Bertz CT molecular complexity index is 858. The maximum absolute atomic E-state index is 12.2. The fraction of sp³-hybridized carbons (Fsp3) is 0.400. The van der Waals surface area contributed by atoms with Gasteiger partial charge in [-0.05, 0) is 35.2 Å². The van der Waals surface area contributed by atoms with Crippen LogP contribution in [0, 0.1) is 0 Å². The van der Waals surface area contributed by atoms with E-state index in [1.54, 1.807) is 24.4 Å². The second kappa shape index (κ2) is 8.63. The number of nitrogens with zero attached hydrogens (tertiary/aromatic N) is 2. The van der Waals surface area contributed by atoms with Crippen molar-refractivity contribution in [2.24, 2.45) is 0 Å². The van der Waals surface area contributed by atoms with Crippen LogP contribution >= 0.6 is 0 Å². The van der Waals surface area contributed by atoms with Crippen LogP contribution in [-0.2, 0) is 26.8 Å². The molecule has 2 aromatic rings. The molecular weight excluding hydrogens is 362 g/mol. The largest absolute Gasteiger partial charge is 0.326 e. The first kappa shape index (κ1) is 21.1. The third-order valence-electron chi connectivity index (χ3n) is 4.16. The normalized spacial score (nSPS) is 12.2. The summed E-state index contributed by atoms with van der Waals surface area (Å²) in [4.78, 5) is 16.4. The Morgan fingerprint density at radius 1 is 1.11 bits per heavy atom. The van der Waals surface area contributed by atoms with Crippen LogP contribution in [0.2, 0.25) is 0 Å². The predicted molar refractivity (Wildman–Crippen MR) is 108 cm³/mol. The summed E-state index contributed by atoms with van der Waals surface area (Å²) < 4.78 is 25.3. The van der Waals surface area contributed by atoms with E-state index in [0.29, 0.717) is 11.4 Å². The minimum Gasteiger partial charge on any atom is -0.326 e. The first-order valence-corrected chi connectivity index (χ1v) is 10.7. The average molecular weight is 390 g/mol. The van der Waals surface area contributed by atoms with Crippen LogP contribution in [0.5, 0.6) is 0 Å². The highest BCUT2D eigenvalue weighted by atomic mass is 32.2. The summed E-state index contributed by atoms with van der Waals surface area (Å²) in [5.41, 5.74) is 2.56. The molecule has 1 heterocycles. The van der Waals surface area contributed by atoms with Crippen molar-refractivity contribution in [3.8, 4) is 0 Å². The van der Waals surface area contributed by atoms with Crippen LogP contribution in [0.15, 0.2) is 48.7 Å². The molecular formula is C20H27N3O3S. The molecule has 0 aliphatic heterocycles. The standard InChI is InChI=1S/C20H27N3O3S/c1-20(2,3)16-8-10-17(11-9-16)22-19(24)12-14-23(27(4,25)26)15-18-7-5-6-13-21-18/h5-11,13H,12,14-15H2,1-4H3,(H,22,24). The van der Waals surface area contributed by atoms with Crippen LogP contribution in [-0.4, -0.2) is 36.4 Å². The van der Waals surface area contributed by atoms with Gasteiger partial charge in [0.15, 0.2) is 0 Å². The van der Waals surface area contributed by atoms with Gasteiger partial charge in [-0.15, -0.1) is 0 Å². The molecule has 0 fully saturated rings. The molecule has 0 saturated heterocycles. The number of carbonyl (C=O) groups is 1. The number of hydrogen-bond acceptors (Lipinski definition) is 4. The molecule has 1 N–H and O–H groups in total. The summed E-state index contributed by atoms with van der Waals surface area (Å²) in [5, 5.41) is 2.82. The molecule has 0 aliphatic carbocycles. The van der Waals surface area contributed by atoms with Gasteiger partial charge in [-0.3, -0.25) is 9.78 Å². The smallest absolute Gasteiger partial charge is 0.225 e. The summed E-state index contributed by atoms with van der Waals surface area (Å²) in [5.74, 6) is -0.229.